The van der Waals surface area contributed by atoms with Crippen LogP contribution in [0.15, 0.2) is 71.6 Å². The average molecular weight is 597 g/mol. The third-order valence-electron chi connectivity index (χ3n) is 5.84. The summed E-state index contributed by atoms with van der Waals surface area (Å²) in [5, 5.41) is 3.66. The van der Waals surface area contributed by atoms with Gasteiger partial charge in [0.2, 0.25) is 11.8 Å². The number of nitrogens with one attached hydrogen (secondary N) is 1. The molecule has 3 aromatic carbocycles. The Kier molecular flexibility index (Phi) is 10.1. The van der Waals surface area contributed by atoms with Crippen LogP contribution in [0, 0.1) is 6.92 Å². The van der Waals surface area contributed by atoms with Crippen LogP contribution in [-0.4, -0.2) is 44.3 Å². The Labute approximate surface area is 238 Å². The molecule has 0 spiro atoms. The first kappa shape index (κ1) is 29.8. The number of amides is 2. The highest BCUT2D eigenvalue weighted by atomic mass is 35.5. The molecule has 0 aromatic heterocycles. The summed E-state index contributed by atoms with van der Waals surface area (Å²) in [5.41, 5.74) is 1.73. The summed E-state index contributed by atoms with van der Waals surface area (Å²) < 4.78 is 28.5. The van der Waals surface area contributed by atoms with E-state index in [0.717, 1.165) is 9.87 Å². The van der Waals surface area contributed by atoms with Crippen molar-refractivity contribution in [3.05, 3.63) is 92.9 Å². The molecule has 3 aromatic rings. The summed E-state index contributed by atoms with van der Waals surface area (Å²) in [4.78, 5) is 27.9. The van der Waals surface area contributed by atoms with Crippen molar-refractivity contribution in [1.82, 2.24) is 10.2 Å². The molecule has 3 rings (SSSR count). The van der Waals surface area contributed by atoms with Crippen LogP contribution in [0.2, 0.25) is 15.1 Å². The number of benzene rings is 3. The molecule has 0 bridgehead atoms. The van der Waals surface area contributed by atoms with Crippen LogP contribution in [0.5, 0.6) is 0 Å². The lowest BCUT2D eigenvalue weighted by molar-refractivity contribution is -0.139. The van der Waals surface area contributed by atoms with Crippen molar-refractivity contribution in [3.8, 4) is 0 Å². The van der Waals surface area contributed by atoms with Gasteiger partial charge in [-0.15, -0.1) is 0 Å². The van der Waals surface area contributed by atoms with Gasteiger partial charge in [0.25, 0.3) is 10.0 Å². The zero-order valence-corrected chi connectivity index (χ0v) is 24.2. The predicted molar refractivity (Wildman–Crippen MR) is 152 cm³/mol. The molecule has 0 heterocycles. The molecule has 0 aliphatic heterocycles. The molecule has 202 valence electrons. The van der Waals surface area contributed by atoms with Crippen molar-refractivity contribution in [3.63, 3.8) is 0 Å². The van der Waals surface area contributed by atoms with E-state index < -0.39 is 28.5 Å². The highest BCUT2D eigenvalue weighted by Crippen LogP contribution is 2.28. The molecule has 0 fully saturated rings. The Morgan fingerprint density at radius 2 is 1.63 bits per heavy atom. The quantitative estimate of drug-likeness (QED) is 0.325. The van der Waals surface area contributed by atoms with Crippen LogP contribution in [0.4, 0.5) is 5.69 Å². The molecule has 0 saturated heterocycles. The highest BCUT2D eigenvalue weighted by Gasteiger charge is 2.32. The SMILES string of the molecule is CCNC(=O)C(C)N(Cc1ccc(Cl)c(Cl)c1)C(=O)CN(c1cccc(Cl)c1)S(=O)(=O)c1ccc(C)cc1. The maximum absolute atomic E-state index is 13.8. The van der Waals surface area contributed by atoms with Crippen LogP contribution < -0.4 is 9.62 Å². The van der Waals surface area contributed by atoms with Crippen LogP contribution in [-0.2, 0) is 26.2 Å². The van der Waals surface area contributed by atoms with Crippen LogP contribution >= 0.6 is 34.8 Å². The van der Waals surface area contributed by atoms with Gasteiger partial charge in [0, 0.05) is 18.1 Å². The fourth-order valence-electron chi connectivity index (χ4n) is 3.74. The number of anilines is 1. The summed E-state index contributed by atoms with van der Waals surface area (Å²) in [6.07, 6.45) is 0. The number of rotatable bonds is 10. The molecule has 1 N–H and O–H groups in total. The Morgan fingerprint density at radius 3 is 2.24 bits per heavy atom. The van der Waals surface area contributed by atoms with Gasteiger partial charge in [-0.25, -0.2) is 8.42 Å². The largest absolute Gasteiger partial charge is 0.355 e. The van der Waals surface area contributed by atoms with Gasteiger partial charge in [-0.05, 0) is 68.8 Å². The van der Waals surface area contributed by atoms with Crippen molar-refractivity contribution in [2.24, 2.45) is 0 Å². The smallest absolute Gasteiger partial charge is 0.264 e. The topological polar surface area (TPSA) is 86.8 Å². The summed E-state index contributed by atoms with van der Waals surface area (Å²) >= 11 is 18.4. The number of sulfonamides is 1. The van der Waals surface area contributed by atoms with Crippen molar-refractivity contribution in [2.75, 3.05) is 17.4 Å². The van der Waals surface area contributed by atoms with Gasteiger partial charge in [-0.2, -0.15) is 0 Å². The van der Waals surface area contributed by atoms with Gasteiger partial charge < -0.3 is 10.2 Å². The fraction of sp³-hybridized carbons (Fsp3) is 0.259. The molecule has 1 unspecified atom stereocenters. The van der Waals surface area contributed by atoms with E-state index in [2.05, 4.69) is 5.32 Å². The van der Waals surface area contributed by atoms with E-state index >= 15 is 0 Å². The summed E-state index contributed by atoms with van der Waals surface area (Å²) in [5.74, 6) is -0.970. The van der Waals surface area contributed by atoms with Crippen molar-refractivity contribution < 1.29 is 18.0 Å². The predicted octanol–water partition coefficient (Wildman–Crippen LogP) is 5.70. The van der Waals surface area contributed by atoms with Crippen LogP contribution in [0.25, 0.3) is 0 Å². The van der Waals surface area contributed by atoms with Crippen molar-refractivity contribution >= 4 is 62.3 Å². The van der Waals surface area contributed by atoms with Crippen LogP contribution in [0.3, 0.4) is 0 Å². The molecule has 0 aliphatic rings. The number of nitrogens with zero attached hydrogens (tertiary/aromatic N) is 2. The summed E-state index contributed by atoms with van der Waals surface area (Å²) in [7, 11) is -4.17. The number of carbonyl (C=O) groups excluding carboxylic acids is 2. The first-order chi connectivity index (χ1) is 17.9. The minimum atomic E-state index is -4.17. The van der Waals surface area contributed by atoms with E-state index in [4.69, 9.17) is 34.8 Å². The van der Waals surface area contributed by atoms with Crippen molar-refractivity contribution in [1.29, 1.82) is 0 Å². The second-order valence-electron chi connectivity index (χ2n) is 8.65. The van der Waals surface area contributed by atoms with E-state index in [9.17, 15) is 18.0 Å². The molecule has 0 saturated carbocycles. The molecule has 2 amide bonds. The molecule has 38 heavy (non-hydrogen) atoms. The maximum Gasteiger partial charge on any atom is 0.264 e. The summed E-state index contributed by atoms with van der Waals surface area (Å²) in [6, 6.07) is 16.6. The zero-order valence-electron chi connectivity index (χ0n) is 21.1. The Hall–Kier alpha value is -2.78. The fourth-order valence-corrected chi connectivity index (χ4v) is 5.65. The number of hydrogen-bond acceptors (Lipinski definition) is 4. The van der Waals surface area contributed by atoms with E-state index in [-0.39, 0.29) is 23.0 Å². The highest BCUT2D eigenvalue weighted by molar-refractivity contribution is 7.92. The van der Waals surface area contributed by atoms with Gasteiger partial charge in [0.15, 0.2) is 0 Å². The first-order valence-electron chi connectivity index (χ1n) is 11.8. The van der Waals surface area contributed by atoms with Gasteiger partial charge in [-0.3, -0.25) is 13.9 Å². The lowest BCUT2D eigenvalue weighted by Crippen LogP contribution is -2.51. The second kappa shape index (κ2) is 12.8. The Bertz CT molecular complexity index is 1420. The second-order valence-corrected chi connectivity index (χ2v) is 11.8. The summed E-state index contributed by atoms with van der Waals surface area (Å²) in [6.45, 7) is 5.00. The minimum Gasteiger partial charge on any atom is -0.355 e. The molecular weight excluding hydrogens is 569 g/mol. The van der Waals surface area contributed by atoms with Gasteiger partial charge >= 0.3 is 0 Å². The molecular formula is C27H28Cl3N3O4S. The van der Waals surface area contributed by atoms with Gasteiger partial charge in [0.1, 0.15) is 12.6 Å². The monoisotopic (exact) mass is 595 g/mol. The van der Waals surface area contributed by atoms with E-state index in [1.54, 1.807) is 62.4 Å². The third-order valence-corrected chi connectivity index (χ3v) is 8.60. The zero-order chi connectivity index (χ0) is 28.0. The first-order valence-corrected chi connectivity index (χ1v) is 14.4. The minimum absolute atomic E-state index is 0.00197. The lowest BCUT2D eigenvalue weighted by Gasteiger charge is -2.32. The number of aryl methyl sites for hydroxylation is 1. The van der Waals surface area contributed by atoms with Gasteiger partial charge in [0.05, 0.1) is 20.6 Å². The Balaban J connectivity index is 2.04. The van der Waals surface area contributed by atoms with E-state index in [1.807, 2.05) is 6.92 Å². The third kappa shape index (κ3) is 7.20. The van der Waals surface area contributed by atoms with Crippen LogP contribution in [0.1, 0.15) is 25.0 Å². The lowest BCUT2D eigenvalue weighted by atomic mass is 10.1. The molecule has 11 heteroatoms. The molecule has 7 nitrogen and oxygen atoms in total. The molecule has 1 atom stereocenters. The van der Waals surface area contributed by atoms with Crippen molar-refractivity contribution in [2.45, 2.75) is 38.3 Å². The number of hydrogen-bond donors (Lipinski definition) is 1. The Morgan fingerprint density at radius 1 is 0.947 bits per heavy atom. The molecule has 0 radical (unpaired) electrons. The number of carbonyl (C=O) groups is 2. The van der Waals surface area contributed by atoms with E-state index in [1.165, 1.54) is 23.1 Å². The maximum atomic E-state index is 13.8. The van der Waals surface area contributed by atoms with E-state index in [0.29, 0.717) is 27.2 Å². The average Bonchev–Trinajstić information content (AvgIpc) is 2.87. The number of halogens is 3. The normalized spacial score (nSPS) is 12.1. The number of likely N-dealkylation sites (N-methyl/N-ethyl adjacent to an activating group) is 1. The standard InChI is InChI=1S/C27H28Cl3N3O4S/c1-4-31-27(35)19(3)32(16-20-10-13-24(29)25(30)14-20)26(34)17-33(22-7-5-6-21(28)15-22)38(36,37)23-11-8-18(2)9-12-23/h5-15,19H,4,16-17H2,1-3H3,(H,31,35). The molecule has 0 aliphatic carbocycles. The van der Waals surface area contributed by atoms with Gasteiger partial charge in [-0.1, -0.05) is 64.6 Å².